The number of carbonyl (C=O) groups is 1. The van der Waals surface area contributed by atoms with Gasteiger partial charge in [0, 0.05) is 17.3 Å². The molecule has 25 heavy (non-hydrogen) atoms. The maximum atomic E-state index is 12.2. The number of hydrogen-bond donors (Lipinski definition) is 1. The number of rotatable bonds is 4. The summed E-state index contributed by atoms with van der Waals surface area (Å²) < 4.78 is 1.19. The van der Waals surface area contributed by atoms with Crippen LogP contribution in [-0.2, 0) is 11.3 Å². The van der Waals surface area contributed by atoms with Crippen molar-refractivity contribution in [2.24, 2.45) is 0 Å². The maximum Gasteiger partial charge on any atom is 0.267 e. The summed E-state index contributed by atoms with van der Waals surface area (Å²) in [6, 6.07) is 18.3. The molecule has 3 aromatic rings. The highest BCUT2D eigenvalue weighted by Crippen LogP contribution is 2.21. The van der Waals surface area contributed by atoms with Gasteiger partial charge in [-0.05, 0) is 37.6 Å². The van der Waals surface area contributed by atoms with Gasteiger partial charge in [0.1, 0.15) is 6.54 Å². The Morgan fingerprint density at radius 2 is 1.80 bits per heavy atom. The molecule has 0 aliphatic rings. The fourth-order valence-corrected chi connectivity index (χ4v) is 2.66. The van der Waals surface area contributed by atoms with Crippen molar-refractivity contribution in [1.82, 2.24) is 9.78 Å². The predicted octanol–water partition coefficient (Wildman–Crippen LogP) is 3.17. The van der Waals surface area contributed by atoms with Crippen molar-refractivity contribution in [3.63, 3.8) is 0 Å². The second-order valence-corrected chi connectivity index (χ2v) is 5.95. The summed E-state index contributed by atoms with van der Waals surface area (Å²) in [5.74, 6) is -0.293. The number of benzene rings is 2. The number of carbonyl (C=O) groups excluding carboxylic acids is 1. The molecule has 1 amide bonds. The summed E-state index contributed by atoms with van der Waals surface area (Å²) in [6.45, 7) is 3.90. The minimum Gasteiger partial charge on any atom is -0.324 e. The normalized spacial score (nSPS) is 10.5. The van der Waals surface area contributed by atoms with Crippen molar-refractivity contribution in [3.8, 4) is 11.3 Å². The van der Waals surface area contributed by atoms with E-state index in [4.69, 9.17) is 0 Å². The van der Waals surface area contributed by atoms with E-state index in [1.165, 1.54) is 10.7 Å². The molecule has 0 aliphatic carbocycles. The number of anilines is 1. The molecule has 0 bridgehead atoms. The van der Waals surface area contributed by atoms with E-state index >= 15 is 0 Å². The van der Waals surface area contributed by atoms with Gasteiger partial charge in [0.2, 0.25) is 5.91 Å². The minimum absolute atomic E-state index is 0.132. The number of para-hydroxylation sites is 1. The van der Waals surface area contributed by atoms with Crippen LogP contribution in [0.1, 0.15) is 11.1 Å². The Labute approximate surface area is 145 Å². The zero-order valence-corrected chi connectivity index (χ0v) is 14.2. The Hall–Kier alpha value is -3.21. The third-order valence-corrected chi connectivity index (χ3v) is 3.88. The molecule has 0 fully saturated rings. The number of aromatic nitrogens is 2. The SMILES string of the molecule is Cc1ccc(-c2ccc(=O)n(CC(=O)Nc3ccccc3)n2)c(C)c1. The first-order valence-electron chi connectivity index (χ1n) is 8.03. The van der Waals surface area contributed by atoms with Crippen LogP contribution in [0.4, 0.5) is 5.69 Å². The van der Waals surface area contributed by atoms with Crippen LogP contribution in [0.25, 0.3) is 11.3 Å². The molecule has 0 radical (unpaired) electrons. The molecule has 0 saturated heterocycles. The van der Waals surface area contributed by atoms with Gasteiger partial charge in [0.15, 0.2) is 0 Å². The van der Waals surface area contributed by atoms with E-state index in [1.807, 2.05) is 44.2 Å². The Morgan fingerprint density at radius 1 is 1.04 bits per heavy atom. The van der Waals surface area contributed by atoms with E-state index in [2.05, 4.69) is 16.5 Å². The van der Waals surface area contributed by atoms with Gasteiger partial charge in [0.05, 0.1) is 5.69 Å². The molecular weight excluding hydrogens is 314 g/mol. The van der Waals surface area contributed by atoms with Crippen LogP contribution in [0.3, 0.4) is 0 Å². The van der Waals surface area contributed by atoms with Gasteiger partial charge >= 0.3 is 0 Å². The molecule has 5 heteroatoms. The second-order valence-electron chi connectivity index (χ2n) is 5.95. The van der Waals surface area contributed by atoms with Crippen molar-refractivity contribution in [3.05, 3.63) is 82.1 Å². The van der Waals surface area contributed by atoms with E-state index in [0.717, 1.165) is 16.7 Å². The Kier molecular flexibility index (Phi) is 4.75. The van der Waals surface area contributed by atoms with Gasteiger partial charge in [-0.3, -0.25) is 9.59 Å². The lowest BCUT2D eigenvalue weighted by molar-refractivity contribution is -0.117. The highest BCUT2D eigenvalue weighted by atomic mass is 16.2. The standard InChI is InChI=1S/C20H19N3O2/c1-14-8-9-17(15(2)12-14)18-10-11-20(25)23(22-18)13-19(24)21-16-6-4-3-5-7-16/h3-12H,13H2,1-2H3,(H,21,24). The lowest BCUT2D eigenvalue weighted by Crippen LogP contribution is -2.29. The predicted molar refractivity (Wildman–Crippen MR) is 98.5 cm³/mol. The topological polar surface area (TPSA) is 64.0 Å². The summed E-state index contributed by atoms with van der Waals surface area (Å²) in [4.78, 5) is 24.2. The molecule has 0 aliphatic heterocycles. The summed E-state index contributed by atoms with van der Waals surface area (Å²) in [5.41, 5.74) is 4.23. The van der Waals surface area contributed by atoms with Crippen LogP contribution in [0.15, 0.2) is 65.5 Å². The first-order valence-corrected chi connectivity index (χ1v) is 8.03. The fraction of sp³-hybridized carbons (Fsp3) is 0.150. The van der Waals surface area contributed by atoms with Crippen LogP contribution in [0, 0.1) is 13.8 Å². The number of nitrogens with one attached hydrogen (secondary N) is 1. The number of aryl methyl sites for hydroxylation is 2. The summed E-state index contributed by atoms with van der Waals surface area (Å²) >= 11 is 0. The van der Waals surface area contributed by atoms with Gasteiger partial charge in [-0.25, -0.2) is 4.68 Å². The van der Waals surface area contributed by atoms with Crippen molar-refractivity contribution in [2.45, 2.75) is 20.4 Å². The third kappa shape index (κ3) is 4.01. The maximum absolute atomic E-state index is 12.2. The van der Waals surface area contributed by atoms with Crippen LogP contribution >= 0.6 is 0 Å². The van der Waals surface area contributed by atoms with Crippen LogP contribution in [0.5, 0.6) is 0 Å². The first kappa shape index (κ1) is 16.6. The molecular formula is C20H19N3O2. The number of nitrogens with zero attached hydrogens (tertiary/aromatic N) is 2. The molecule has 5 nitrogen and oxygen atoms in total. The Morgan fingerprint density at radius 3 is 2.52 bits per heavy atom. The monoisotopic (exact) mass is 333 g/mol. The average molecular weight is 333 g/mol. The number of amides is 1. The van der Waals surface area contributed by atoms with Crippen LogP contribution < -0.4 is 10.9 Å². The molecule has 0 spiro atoms. The van der Waals surface area contributed by atoms with Gasteiger partial charge in [-0.1, -0.05) is 42.0 Å². The van der Waals surface area contributed by atoms with Crippen LogP contribution in [0.2, 0.25) is 0 Å². The van der Waals surface area contributed by atoms with E-state index in [-0.39, 0.29) is 18.0 Å². The van der Waals surface area contributed by atoms with Gasteiger partial charge in [-0.15, -0.1) is 0 Å². The quantitative estimate of drug-likeness (QED) is 0.797. The largest absolute Gasteiger partial charge is 0.324 e. The van der Waals surface area contributed by atoms with E-state index in [9.17, 15) is 9.59 Å². The van der Waals surface area contributed by atoms with Gasteiger partial charge in [0.25, 0.3) is 5.56 Å². The molecule has 2 aromatic carbocycles. The smallest absolute Gasteiger partial charge is 0.267 e. The zero-order valence-electron chi connectivity index (χ0n) is 14.2. The van der Waals surface area contributed by atoms with Crippen molar-refractivity contribution >= 4 is 11.6 Å². The minimum atomic E-state index is -0.309. The fourth-order valence-electron chi connectivity index (χ4n) is 2.66. The lowest BCUT2D eigenvalue weighted by atomic mass is 10.0. The summed E-state index contributed by atoms with van der Waals surface area (Å²) in [5, 5.41) is 7.12. The third-order valence-electron chi connectivity index (χ3n) is 3.88. The van der Waals surface area contributed by atoms with E-state index < -0.39 is 0 Å². The molecule has 3 rings (SSSR count). The molecule has 0 atom stereocenters. The Bertz CT molecular complexity index is 962. The average Bonchev–Trinajstić information content (AvgIpc) is 2.58. The molecule has 1 heterocycles. The van der Waals surface area contributed by atoms with Crippen LogP contribution in [-0.4, -0.2) is 15.7 Å². The first-order chi connectivity index (χ1) is 12.0. The molecule has 0 unspecified atom stereocenters. The molecule has 0 saturated carbocycles. The molecule has 1 aromatic heterocycles. The van der Waals surface area contributed by atoms with E-state index in [0.29, 0.717) is 11.4 Å². The molecule has 1 N–H and O–H groups in total. The summed E-state index contributed by atoms with van der Waals surface area (Å²) in [7, 11) is 0. The molecule has 126 valence electrons. The van der Waals surface area contributed by atoms with E-state index in [1.54, 1.807) is 18.2 Å². The lowest BCUT2D eigenvalue weighted by Gasteiger charge is -2.10. The highest BCUT2D eigenvalue weighted by Gasteiger charge is 2.10. The Balaban J connectivity index is 1.84. The van der Waals surface area contributed by atoms with Crippen molar-refractivity contribution in [1.29, 1.82) is 0 Å². The highest BCUT2D eigenvalue weighted by molar-refractivity contribution is 5.90. The van der Waals surface area contributed by atoms with Crippen molar-refractivity contribution in [2.75, 3.05) is 5.32 Å². The zero-order chi connectivity index (χ0) is 17.8. The second kappa shape index (κ2) is 7.13. The van der Waals surface area contributed by atoms with Gasteiger partial charge < -0.3 is 5.32 Å². The summed E-state index contributed by atoms with van der Waals surface area (Å²) in [6.07, 6.45) is 0. The van der Waals surface area contributed by atoms with Crippen molar-refractivity contribution < 1.29 is 4.79 Å². The van der Waals surface area contributed by atoms with Gasteiger partial charge in [-0.2, -0.15) is 5.10 Å². The number of hydrogen-bond acceptors (Lipinski definition) is 3.